The van der Waals surface area contributed by atoms with Crippen molar-refractivity contribution in [1.29, 1.82) is 0 Å². The van der Waals surface area contributed by atoms with Crippen LogP contribution < -0.4 is 21.4 Å². The lowest BCUT2D eigenvalue weighted by molar-refractivity contribution is -0.125. The number of hydrazone groups is 1. The number of benzene rings is 2. The zero-order valence-electron chi connectivity index (χ0n) is 22.0. The van der Waals surface area contributed by atoms with Crippen LogP contribution in [0.2, 0.25) is 0 Å². The minimum absolute atomic E-state index is 0.00824. The van der Waals surface area contributed by atoms with Crippen LogP contribution in [-0.4, -0.2) is 50.5 Å². The Labute approximate surface area is 223 Å². The van der Waals surface area contributed by atoms with E-state index in [9.17, 15) is 14.4 Å². The second-order valence-electron chi connectivity index (χ2n) is 9.92. The molecule has 4 amide bonds. The zero-order chi connectivity index (χ0) is 26.9. The molecule has 0 heterocycles. The summed E-state index contributed by atoms with van der Waals surface area (Å²) in [7, 11) is 1.66. The lowest BCUT2D eigenvalue weighted by Crippen LogP contribution is -2.39. The number of ether oxygens (including phenoxy) is 1. The van der Waals surface area contributed by atoms with Crippen molar-refractivity contribution in [2.75, 3.05) is 20.2 Å². The van der Waals surface area contributed by atoms with E-state index in [1.54, 1.807) is 7.05 Å². The molecule has 4 N–H and O–H groups in total. The van der Waals surface area contributed by atoms with Gasteiger partial charge in [-0.3, -0.25) is 4.79 Å². The Morgan fingerprint density at radius 3 is 2.24 bits per heavy atom. The largest absolute Gasteiger partial charge is 0.449 e. The van der Waals surface area contributed by atoms with E-state index in [0.29, 0.717) is 18.9 Å². The molecule has 0 radical (unpaired) electrons. The molecule has 9 heteroatoms. The highest BCUT2D eigenvalue weighted by atomic mass is 16.5. The van der Waals surface area contributed by atoms with Crippen molar-refractivity contribution in [3.8, 4) is 11.1 Å². The van der Waals surface area contributed by atoms with Crippen molar-refractivity contribution in [3.05, 3.63) is 59.7 Å². The molecule has 2 aliphatic carbocycles. The second-order valence-corrected chi connectivity index (χ2v) is 9.92. The van der Waals surface area contributed by atoms with Crippen molar-refractivity contribution in [1.82, 2.24) is 21.4 Å². The maximum absolute atomic E-state index is 12.5. The Kier molecular flexibility index (Phi) is 9.35. The molecule has 1 saturated carbocycles. The fourth-order valence-electron chi connectivity index (χ4n) is 5.33. The summed E-state index contributed by atoms with van der Waals surface area (Å²) in [4.78, 5) is 36.4. The number of fused-ring (bicyclic) bond motifs is 3. The van der Waals surface area contributed by atoms with E-state index in [1.807, 2.05) is 31.2 Å². The molecular weight excluding hydrogens is 482 g/mol. The van der Waals surface area contributed by atoms with Crippen molar-refractivity contribution in [3.63, 3.8) is 0 Å². The van der Waals surface area contributed by atoms with Crippen molar-refractivity contribution < 1.29 is 19.1 Å². The fraction of sp³-hybridized carbons (Fsp3) is 0.448. The average Bonchev–Trinajstić information content (AvgIpc) is 3.28. The zero-order valence-corrected chi connectivity index (χ0v) is 22.0. The molecule has 0 spiro atoms. The molecule has 202 valence electrons. The first-order valence-electron chi connectivity index (χ1n) is 13.4. The number of hydrogen-bond donors (Lipinski definition) is 4. The number of rotatable bonds is 9. The molecule has 1 fully saturated rings. The van der Waals surface area contributed by atoms with Gasteiger partial charge in [0.2, 0.25) is 5.91 Å². The summed E-state index contributed by atoms with van der Waals surface area (Å²) in [6, 6.07) is 15.6. The molecule has 0 aromatic heterocycles. The van der Waals surface area contributed by atoms with Gasteiger partial charge in [-0.25, -0.2) is 15.0 Å². The van der Waals surface area contributed by atoms with Gasteiger partial charge in [0.25, 0.3) is 0 Å². The van der Waals surface area contributed by atoms with E-state index in [0.717, 1.165) is 36.8 Å². The number of hydrogen-bond acceptors (Lipinski definition) is 5. The Bertz CT molecular complexity index is 1110. The summed E-state index contributed by atoms with van der Waals surface area (Å²) in [6.07, 6.45) is 5.05. The van der Waals surface area contributed by atoms with Crippen LogP contribution in [0, 0.1) is 11.8 Å². The highest BCUT2D eigenvalue weighted by Crippen LogP contribution is 2.44. The normalized spacial score (nSPS) is 19.2. The second kappa shape index (κ2) is 13.1. The summed E-state index contributed by atoms with van der Waals surface area (Å²) < 4.78 is 5.60. The summed E-state index contributed by atoms with van der Waals surface area (Å²) in [5.74, 6) is 0.514. The smallest absolute Gasteiger partial charge is 0.407 e. The Hall–Kier alpha value is -3.88. The van der Waals surface area contributed by atoms with E-state index in [2.05, 4.69) is 50.7 Å². The van der Waals surface area contributed by atoms with E-state index < -0.39 is 12.1 Å². The van der Waals surface area contributed by atoms with Gasteiger partial charge in [0.15, 0.2) is 0 Å². The van der Waals surface area contributed by atoms with Crippen LogP contribution in [0.4, 0.5) is 9.59 Å². The number of carbonyl (C=O) groups excluding carboxylic acids is 3. The molecule has 2 aromatic rings. The minimum Gasteiger partial charge on any atom is -0.449 e. The average molecular weight is 520 g/mol. The summed E-state index contributed by atoms with van der Waals surface area (Å²) in [5.41, 5.74) is 7.13. The molecule has 0 unspecified atom stereocenters. The number of nitrogens with one attached hydrogen (secondary N) is 4. The molecule has 38 heavy (non-hydrogen) atoms. The third-order valence-electron chi connectivity index (χ3n) is 7.52. The van der Waals surface area contributed by atoms with Gasteiger partial charge >= 0.3 is 12.1 Å². The quantitative estimate of drug-likeness (QED) is 0.294. The number of nitrogens with zero attached hydrogens (tertiary/aromatic N) is 1. The Morgan fingerprint density at radius 1 is 1.00 bits per heavy atom. The van der Waals surface area contributed by atoms with E-state index in [4.69, 9.17) is 4.74 Å². The molecule has 2 aliphatic rings. The summed E-state index contributed by atoms with van der Waals surface area (Å²) in [6.45, 7) is 2.69. The predicted octanol–water partition coefficient (Wildman–Crippen LogP) is 4.14. The first-order valence-corrected chi connectivity index (χ1v) is 13.4. The highest BCUT2D eigenvalue weighted by Gasteiger charge is 2.29. The number of amides is 4. The molecule has 9 nitrogen and oxygen atoms in total. The van der Waals surface area contributed by atoms with Crippen molar-refractivity contribution >= 4 is 24.2 Å². The molecule has 0 saturated heterocycles. The van der Waals surface area contributed by atoms with Crippen LogP contribution in [0.5, 0.6) is 0 Å². The van der Waals surface area contributed by atoms with Gasteiger partial charge in [-0.05, 0) is 60.3 Å². The maximum Gasteiger partial charge on any atom is 0.407 e. The molecule has 0 aliphatic heterocycles. The number of urea groups is 1. The third kappa shape index (κ3) is 6.70. The molecule has 2 aromatic carbocycles. The van der Waals surface area contributed by atoms with Gasteiger partial charge in [0, 0.05) is 31.6 Å². The van der Waals surface area contributed by atoms with Crippen LogP contribution in [0.1, 0.15) is 56.1 Å². The monoisotopic (exact) mass is 519 g/mol. The standard InChI is InChI=1S/C29H37N5O4/c1-3-21(17-32-34-28(36)31-16-19-12-14-20(15-13-19)27(35)30-2)33-29(37)38-18-26-24-10-6-4-8-22(24)23-9-5-7-11-25(23)26/h4-11,17,19-21,26H,3,12-16,18H2,1-2H3,(H,30,35)(H,33,37)(H2,31,34,36)/b32-17+/t19?,20?,21-/m0/s1. The van der Waals surface area contributed by atoms with Gasteiger partial charge in [0.05, 0.1) is 6.04 Å². The number of carbonyl (C=O) groups is 3. The molecule has 4 rings (SSSR count). The molecule has 1 atom stereocenters. The first-order chi connectivity index (χ1) is 18.5. The van der Waals surface area contributed by atoms with Crippen LogP contribution in [-0.2, 0) is 9.53 Å². The minimum atomic E-state index is -0.526. The predicted molar refractivity (Wildman–Crippen MR) is 147 cm³/mol. The lowest BCUT2D eigenvalue weighted by Gasteiger charge is -2.27. The highest BCUT2D eigenvalue weighted by molar-refractivity contribution is 5.80. The van der Waals surface area contributed by atoms with Gasteiger partial charge in [-0.15, -0.1) is 0 Å². The Morgan fingerprint density at radius 2 is 1.63 bits per heavy atom. The van der Waals surface area contributed by atoms with E-state index in [1.165, 1.54) is 17.3 Å². The topological polar surface area (TPSA) is 121 Å². The van der Waals surface area contributed by atoms with Crippen LogP contribution in [0.15, 0.2) is 53.6 Å². The van der Waals surface area contributed by atoms with Crippen molar-refractivity contribution in [2.24, 2.45) is 16.9 Å². The first kappa shape index (κ1) is 27.2. The van der Waals surface area contributed by atoms with Gasteiger partial charge in [-0.1, -0.05) is 55.5 Å². The SMILES string of the molecule is CC[C@@H](/C=N/NC(=O)NCC1CCC(C(=O)NC)CC1)NC(=O)OCC1c2ccccc2-c2ccccc21. The van der Waals surface area contributed by atoms with Gasteiger partial charge in [-0.2, -0.15) is 5.10 Å². The van der Waals surface area contributed by atoms with Gasteiger partial charge in [0.1, 0.15) is 6.61 Å². The van der Waals surface area contributed by atoms with E-state index >= 15 is 0 Å². The third-order valence-corrected chi connectivity index (χ3v) is 7.52. The Balaban J connectivity index is 1.18. The molecule has 0 bridgehead atoms. The summed E-state index contributed by atoms with van der Waals surface area (Å²) >= 11 is 0. The lowest BCUT2D eigenvalue weighted by atomic mass is 9.81. The van der Waals surface area contributed by atoms with Crippen molar-refractivity contribution in [2.45, 2.75) is 51.0 Å². The number of alkyl carbamates (subject to hydrolysis) is 1. The molecular formula is C29H37N5O4. The van der Waals surface area contributed by atoms with Crippen LogP contribution in [0.25, 0.3) is 11.1 Å². The van der Waals surface area contributed by atoms with E-state index in [-0.39, 0.29) is 30.4 Å². The van der Waals surface area contributed by atoms with Crippen LogP contribution >= 0.6 is 0 Å². The van der Waals surface area contributed by atoms with Crippen LogP contribution in [0.3, 0.4) is 0 Å². The maximum atomic E-state index is 12.5. The fourth-order valence-corrected chi connectivity index (χ4v) is 5.33. The summed E-state index contributed by atoms with van der Waals surface area (Å²) in [5, 5.41) is 12.3. The van der Waals surface area contributed by atoms with Gasteiger partial charge < -0.3 is 20.7 Å².